The van der Waals surface area contributed by atoms with Gasteiger partial charge >= 0.3 is 0 Å². The number of ether oxygens (including phenoxy) is 2. The minimum Gasteiger partial charge on any atom is -0.493 e. The number of thioether (sulfide) groups is 1. The van der Waals surface area contributed by atoms with Crippen molar-refractivity contribution in [3.05, 3.63) is 17.7 Å². The van der Waals surface area contributed by atoms with Crippen LogP contribution in [0.5, 0.6) is 11.5 Å². The van der Waals surface area contributed by atoms with Crippen LogP contribution in [-0.2, 0) is 6.54 Å². The molecule has 0 bridgehead atoms. The fourth-order valence-corrected chi connectivity index (χ4v) is 2.99. The largest absolute Gasteiger partial charge is 0.493 e. The Morgan fingerprint density at radius 3 is 2.53 bits per heavy atom. The van der Waals surface area contributed by atoms with E-state index in [1.54, 1.807) is 26.0 Å². The molecule has 0 aliphatic carbocycles. The summed E-state index contributed by atoms with van der Waals surface area (Å²) in [5, 5.41) is 3.37. The number of hydrogen-bond donors (Lipinski definition) is 1. The van der Waals surface area contributed by atoms with Crippen LogP contribution in [0.25, 0.3) is 0 Å². The Kier molecular flexibility index (Phi) is 5.36. The van der Waals surface area contributed by atoms with Gasteiger partial charge < -0.3 is 14.8 Å². The van der Waals surface area contributed by atoms with Crippen molar-refractivity contribution >= 4 is 11.8 Å². The molecule has 1 fully saturated rings. The van der Waals surface area contributed by atoms with Gasteiger partial charge in [-0.2, -0.15) is 0 Å². The lowest BCUT2D eigenvalue weighted by atomic mass is 10.1. The average Bonchev–Trinajstić information content (AvgIpc) is 2.47. The van der Waals surface area contributed by atoms with E-state index in [4.69, 9.17) is 9.47 Å². The number of nitrogens with one attached hydrogen (secondary N) is 1. The van der Waals surface area contributed by atoms with E-state index in [1.807, 2.05) is 0 Å². The van der Waals surface area contributed by atoms with Crippen molar-refractivity contribution in [1.82, 2.24) is 10.2 Å². The van der Waals surface area contributed by atoms with Crippen LogP contribution in [0.1, 0.15) is 5.56 Å². The lowest BCUT2D eigenvalue weighted by Crippen LogP contribution is -2.42. The van der Waals surface area contributed by atoms with Crippen molar-refractivity contribution in [2.24, 2.45) is 0 Å². The molecule has 106 valence electrons. The van der Waals surface area contributed by atoms with Crippen LogP contribution in [0, 0.1) is 0 Å². The first-order chi connectivity index (χ1) is 9.28. The van der Waals surface area contributed by atoms with Gasteiger partial charge in [0.2, 0.25) is 0 Å². The van der Waals surface area contributed by atoms with Gasteiger partial charge in [-0.15, -0.1) is 11.8 Å². The highest BCUT2D eigenvalue weighted by Crippen LogP contribution is 2.38. The number of rotatable bonds is 5. The van der Waals surface area contributed by atoms with Crippen LogP contribution in [0.15, 0.2) is 17.0 Å². The molecule has 19 heavy (non-hydrogen) atoms. The second kappa shape index (κ2) is 7.03. The van der Waals surface area contributed by atoms with Gasteiger partial charge in [-0.3, -0.25) is 4.90 Å². The molecular weight excluding hydrogens is 260 g/mol. The van der Waals surface area contributed by atoms with Crippen LogP contribution in [-0.4, -0.2) is 51.6 Å². The summed E-state index contributed by atoms with van der Waals surface area (Å²) in [6.07, 6.45) is 2.06. The summed E-state index contributed by atoms with van der Waals surface area (Å²) in [6.45, 7) is 5.31. The molecule has 0 amide bonds. The topological polar surface area (TPSA) is 33.7 Å². The zero-order valence-corrected chi connectivity index (χ0v) is 12.7. The van der Waals surface area contributed by atoms with Crippen molar-refractivity contribution in [3.8, 4) is 11.5 Å². The van der Waals surface area contributed by atoms with Crippen LogP contribution in [0.2, 0.25) is 0 Å². The molecule has 1 aliphatic rings. The summed E-state index contributed by atoms with van der Waals surface area (Å²) < 4.78 is 10.9. The van der Waals surface area contributed by atoms with Crippen molar-refractivity contribution in [2.45, 2.75) is 11.4 Å². The third kappa shape index (κ3) is 3.55. The van der Waals surface area contributed by atoms with Crippen molar-refractivity contribution in [3.63, 3.8) is 0 Å². The number of nitrogens with zero attached hydrogens (tertiary/aromatic N) is 1. The summed E-state index contributed by atoms with van der Waals surface area (Å²) in [7, 11) is 3.38. The Balaban J connectivity index is 2.20. The summed E-state index contributed by atoms with van der Waals surface area (Å²) in [6, 6.07) is 4.29. The first kappa shape index (κ1) is 14.5. The number of benzene rings is 1. The molecular formula is C14H22N2O2S. The first-order valence-corrected chi connectivity index (χ1v) is 7.73. The maximum absolute atomic E-state index is 5.44. The molecule has 5 heteroatoms. The average molecular weight is 282 g/mol. The second-order valence-electron chi connectivity index (χ2n) is 4.56. The lowest BCUT2D eigenvalue weighted by molar-refractivity contribution is 0.232. The van der Waals surface area contributed by atoms with Gasteiger partial charge in [0, 0.05) is 32.7 Å². The van der Waals surface area contributed by atoms with Gasteiger partial charge in [0.25, 0.3) is 0 Å². The zero-order chi connectivity index (χ0) is 13.7. The Labute approximate surface area is 119 Å². The van der Waals surface area contributed by atoms with E-state index in [2.05, 4.69) is 28.6 Å². The van der Waals surface area contributed by atoms with Crippen molar-refractivity contribution < 1.29 is 9.47 Å². The monoisotopic (exact) mass is 282 g/mol. The molecule has 0 atom stereocenters. The molecule has 1 saturated heterocycles. The number of piperazine rings is 1. The fraction of sp³-hybridized carbons (Fsp3) is 0.571. The van der Waals surface area contributed by atoms with Gasteiger partial charge in [-0.25, -0.2) is 0 Å². The van der Waals surface area contributed by atoms with Crippen LogP contribution >= 0.6 is 11.8 Å². The molecule has 1 aromatic rings. The van der Waals surface area contributed by atoms with E-state index in [0.29, 0.717) is 0 Å². The van der Waals surface area contributed by atoms with Gasteiger partial charge in [0.15, 0.2) is 11.5 Å². The Morgan fingerprint density at radius 2 is 1.95 bits per heavy atom. The van der Waals surface area contributed by atoms with Gasteiger partial charge in [-0.05, 0) is 24.0 Å². The molecule has 1 heterocycles. The molecule has 0 aromatic heterocycles. The van der Waals surface area contributed by atoms with E-state index in [0.717, 1.165) is 49.1 Å². The SMILES string of the molecule is COc1cc(CN2CCNCC2)cc(SC)c1OC. The molecule has 0 radical (unpaired) electrons. The Bertz CT molecular complexity index is 395. The second-order valence-corrected chi connectivity index (χ2v) is 5.41. The van der Waals surface area contributed by atoms with Crippen molar-refractivity contribution in [1.29, 1.82) is 0 Å². The third-order valence-electron chi connectivity index (χ3n) is 3.34. The summed E-state index contributed by atoms with van der Waals surface area (Å²) >= 11 is 1.69. The highest BCUT2D eigenvalue weighted by atomic mass is 32.2. The number of hydrogen-bond acceptors (Lipinski definition) is 5. The van der Waals surface area contributed by atoms with Crippen molar-refractivity contribution in [2.75, 3.05) is 46.7 Å². The summed E-state index contributed by atoms with van der Waals surface area (Å²) in [4.78, 5) is 3.59. The minimum atomic E-state index is 0.819. The summed E-state index contributed by atoms with van der Waals surface area (Å²) in [5.74, 6) is 1.65. The predicted octanol–water partition coefficient (Wildman–Crippen LogP) is 1.83. The Morgan fingerprint density at radius 1 is 1.21 bits per heavy atom. The molecule has 4 nitrogen and oxygen atoms in total. The highest BCUT2D eigenvalue weighted by Gasteiger charge is 2.15. The zero-order valence-electron chi connectivity index (χ0n) is 11.9. The summed E-state index contributed by atoms with van der Waals surface area (Å²) in [5.41, 5.74) is 1.28. The van der Waals surface area contributed by atoms with E-state index in [9.17, 15) is 0 Å². The molecule has 1 N–H and O–H groups in total. The molecule has 2 rings (SSSR count). The quantitative estimate of drug-likeness (QED) is 0.833. The van der Waals surface area contributed by atoms with Crippen LogP contribution in [0.4, 0.5) is 0 Å². The molecule has 1 aromatic carbocycles. The highest BCUT2D eigenvalue weighted by molar-refractivity contribution is 7.98. The molecule has 0 unspecified atom stereocenters. The fourth-order valence-electron chi connectivity index (χ4n) is 2.35. The maximum Gasteiger partial charge on any atom is 0.174 e. The smallest absolute Gasteiger partial charge is 0.174 e. The molecule has 0 saturated carbocycles. The van der Waals surface area contributed by atoms with E-state index < -0.39 is 0 Å². The lowest BCUT2D eigenvalue weighted by Gasteiger charge is -2.27. The Hall–Kier alpha value is -0.910. The van der Waals surface area contributed by atoms with Gasteiger partial charge in [0.1, 0.15) is 0 Å². The number of methoxy groups -OCH3 is 2. The first-order valence-electron chi connectivity index (χ1n) is 6.50. The van der Waals surface area contributed by atoms with Gasteiger partial charge in [0.05, 0.1) is 19.1 Å². The normalized spacial score (nSPS) is 16.4. The maximum atomic E-state index is 5.44. The van der Waals surface area contributed by atoms with Crippen LogP contribution in [0.3, 0.4) is 0 Å². The van der Waals surface area contributed by atoms with Crippen LogP contribution < -0.4 is 14.8 Å². The van der Waals surface area contributed by atoms with Gasteiger partial charge in [-0.1, -0.05) is 0 Å². The van der Waals surface area contributed by atoms with E-state index in [-0.39, 0.29) is 0 Å². The third-order valence-corrected chi connectivity index (χ3v) is 4.08. The predicted molar refractivity (Wildman–Crippen MR) is 79.5 cm³/mol. The molecule has 0 spiro atoms. The standard InChI is InChI=1S/C14H22N2O2S/c1-17-12-8-11(9-13(19-3)14(12)18-2)10-16-6-4-15-5-7-16/h8-9,15H,4-7,10H2,1-3H3. The van der Waals surface area contributed by atoms with E-state index >= 15 is 0 Å². The molecule has 1 aliphatic heterocycles. The minimum absolute atomic E-state index is 0.819. The van der Waals surface area contributed by atoms with E-state index in [1.165, 1.54) is 5.56 Å².